The molecule has 1 amide bonds. The van der Waals surface area contributed by atoms with Gasteiger partial charge in [-0.25, -0.2) is 8.78 Å². The third-order valence-electron chi connectivity index (χ3n) is 4.13. The summed E-state index contributed by atoms with van der Waals surface area (Å²) in [5.41, 5.74) is -0.957. The first-order valence-corrected chi connectivity index (χ1v) is 7.19. The molecule has 0 aliphatic heterocycles. The summed E-state index contributed by atoms with van der Waals surface area (Å²) in [6.07, 6.45) is 0.700. The summed E-state index contributed by atoms with van der Waals surface area (Å²) in [5, 5.41) is 11.6. The van der Waals surface area contributed by atoms with Gasteiger partial charge in [-0.3, -0.25) is 9.59 Å². The van der Waals surface area contributed by atoms with Gasteiger partial charge in [0, 0.05) is 23.9 Å². The first kappa shape index (κ1) is 16.4. The molecule has 0 radical (unpaired) electrons. The molecule has 120 valence electrons. The van der Waals surface area contributed by atoms with E-state index < -0.39 is 34.9 Å². The molecule has 4 nitrogen and oxygen atoms in total. The number of halogens is 2. The molecule has 0 aromatic heterocycles. The maximum absolute atomic E-state index is 13.6. The smallest absolute Gasteiger partial charge is 0.309 e. The minimum Gasteiger partial charge on any atom is -0.481 e. The van der Waals surface area contributed by atoms with Crippen LogP contribution in [0.5, 0.6) is 0 Å². The van der Waals surface area contributed by atoms with Crippen LogP contribution < -0.4 is 5.32 Å². The maximum atomic E-state index is 13.6. The van der Waals surface area contributed by atoms with Gasteiger partial charge in [0.2, 0.25) is 5.91 Å². The van der Waals surface area contributed by atoms with Crippen LogP contribution in [0.15, 0.2) is 18.2 Å². The Morgan fingerprint density at radius 3 is 2.45 bits per heavy atom. The predicted molar refractivity (Wildman–Crippen MR) is 76.2 cm³/mol. The molecule has 1 fully saturated rings. The lowest BCUT2D eigenvalue weighted by Crippen LogP contribution is -2.32. The third kappa shape index (κ3) is 3.43. The van der Waals surface area contributed by atoms with Gasteiger partial charge in [-0.05, 0) is 38.8 Å². The molecule has 1 aliphatic rings. The monoisotopic (exact) mass is 311 g/mol. The second kappa shape index (κ2) is 6.02. The molecule has 0 spiro atoms. The molecule has 1 aromatic carbocycles. The van der Waals surface area contributed by atoms with Crippen LogP contribution in [0.4, 0.5) is 8.78 Å². The van der Waals surface area contributed by atoms with Crippen LogP contribution in [0.3, 0.4) is 0 Å². The van der Waals surface area contributed by atoms with E-state index in [2.05, 4.69) is 5.32 Å². The molecule has 1 aromatic rings. The first-order valence-electron chi connectivity index (χ1n) is 7.19. The topological polar surface area (TPSA) is 66.4 Å². The SMILES string of the molecule is CC(C)(CCNC(=O)C1CC1c1c(F)cccc1F)C(=O)O. The number of hydrogen-bond acceptors (Lipinski definition) is 2. The fourth-order valence-corrected chi connectivity index (χ4v) is 2.40. The van der Waals surface area contributed by atoms with E-state index in [0.717, 1.165) is 0 Å². The first-order chi connectivity index (χ1) is 10.2. The van der Waals surface area contributed by atoms with Crippen molar-refractivity contribution in [2.24, 2.45) is 11.3 Å². The lowest BCUT2D eigenvalue weighted by atomic mass is 9.90. The molecule has 2 atom stereocenters. The van der Waals surface area contributed by atoms with Gasteiger partial charge >= 0.3 is 5.97 Å². The van der Waals surface area contributed by atoms with Crippen molar-refractivity contribution in [3.8, 4) is 0 Å². The lowest BCUT2D eigenvalue weighted by molar-refractivity contribution is -0.147. The summed E-state index contributed by atoms with van der Waals surface area (Å²) < 4.78 is 27.3. The molecular formula is C16H19F2NO3. The van der Waals surface area contributed by atoms with Crippen molar-refractivity contribution in [2.75, 3.05) is 6.54 Å². The van der Waals surface area contributed by atoms with E-state index in [1.165, 1.54) is 18.2 Å². The standard InChI is InChI=1S/C16H19F2NO3/c1-16(2,15(21)22)6-7-19-14(20)10-8-9(10)13-11(17)4-3-5-12(13)18/h3-5,9-10H,6-8H2,1-2H3,(H,19,20)(H,21,22). The van der Waals surface area contributed by atoms with Crippen LogP contribution >= 0.6 is 0 Å². The van der Waals surface area contributed by atoms with Crippen molar-refractivity contribution < 1.29 is 23.5 Å². The highest BCUT2D eigenvalue weighted by molar-refractivity contribution is 5.83. The second-order valence-corrected chi connectivity index (χ2v) is 6.31. The summed E-state index contributed by atoms with van der Waals surface area (Å²) in [6, 6.07) is 3.65. The van der Waals surface area contributed by atoms with Crippen molar-refractivity contribution in [3.05, 3.63) is 35.4 Å². The molecule has 2 unspecified atom stereocenters. The summed E-state index contributed by atoms with van der Waals surface area (Å²) >= 11 is 0. The molecule has 1 saturated carbocycles. The van der Waals surface area contributed by atoms with Gasteiger partial charge in [0.25, 0.3) is 0 Å². The number of hydrogen-bond donors (Lipinski definition) is 2. The Balaban J connectivity index is 1.88. The predicted octanol–water partition coefficient (Wildman–Crippen LogP) is 2.69. The Labute approximate surface area is 127 Å². The second-order valence-electron chi connectivity index (χ2n) is 6.31. The van der Waals surface area contributed by atoms with E-state index in [0.29, 0.717) is 12.8 Å². The number of carboxylic acid groups (broad SMARTS) is 1. The molecule has 0 heterocycles. The van der Waals surface area contributed by atoms with E-state index in [1.807, 2.05) is 0 Å². The number of aliphatic carboxylic acids is 1. The molecule has 0 saturated heterocycles. The summed E-state index contributed by atoms with van der Waals surface area (Å²) in [7, 11) is 0. The zero-order valence-electron chi connectivity index (χ0n) is 12.5. The molecule has 22 heavy (non-hydrogen) atoms. The van der Waals surface area contributed by atoms with E-state index in [1.54, 1.807) is 13.8 Å². The molecule has 0 bridgehead atoms. The molecule has 2 rings (SSSR count). The maximum Gasteiger partial charge on any atom is 0.309 e. The van der Waals surface area contributed by atoms with Gasteiger partial charge in [-0.1, -0.05) is 6.07 Å². The number of benzene rings is 1. The average molecular weight is 311 g/mol. The van der Waals surface area contributed by atoms with Crippen LogP contribution in [-0.4, -0.2) is 23.5 Å². The fourth-order valence-electron chi connectivity index (χ4n) is 2.40. The fraction of sp³-hybridized carbons (Fsp3) is 0.500. The lowest BCUT2D eigenvalue weighted by Gasteiger charge is -2.18. The van der Waals surface area contributed by atoms with Crippen LogP contribution in [0.1, 0.15) is 38.2 Å². The Morgan fingerprint density at radius 1 is 1.32 bits per heavy atom. The number of amides is 1. The largest absolute Gasteiger partial charge is 0.481 e. The number of carboxylic acids is 1. The number of carbonyl (C=O) groups is 2. The normalized spacial score (nSPS) is 20.5. The number of nitrogens with one attached hydrogen (secondary N) is 1. The van der Waals surface area contributed by atoms with Crippen LogP contribution in [-0.2, 0) is 9.59 Å². The van der Waals surface area contributed by atoms with Crippen molar-refractivity contribution in [3.63, 3.8) is 0 Å². The van der Waals surface area contributed by atoms with Gasteiger partial charge < -0.3 is 10.4 Å². The molecule has 2 N–H and O–H groups in total. The van der Waals surface area contributed by atoms with Crippen molar-refractivity contribution in [1.82, 2.24) is 5.32 Å². The third-order valence-corrected chi connectivity index (χ3v) is 4.13. The Morgan fingerprint density at radius 2 is 1.91 bits per heavy atom. The minimum absolute atomic E-state index is 0.0338. The van der Waals surface area contributed by atoms with Crippen LogP contribution in [0.2, 0.25) is 0 Å². The van der Waals surface area contributed by atoms with Gasteiger partial charge in [-0.2, -0.15) is 0 Å². The quantitative estimate of drug-likeness (QED) is 0.849. The number of carbonyl (C=O) groups excluding carboxylic acids is 1. The summed E-state index contributed by atoms with van der Waals surface area (Å²) in [4.78, 5) is 22.9. The summed E-state index contributed by atoms with van der Waals surface area (Å²) in [5.74, 6) is -3.36. The highest BCUT2D eigenvalue weighted by Crippen LogP contribution is 2.49. The summed E-state index contributed by atoms with van der Waals surface area (Å²) in [6.45, 7) is 3.38. The zero-order valence-corrected chi connectivity index (χ0v) is 12.5. The van der Waals surface area contributed by atoms with Gasteiger partial charge in [0.05, 0.1) is 5.41 Å². The van der Waals surface area contributed by atoms with Gasteiger partial charge in [-0.15, -0.1) is 0 Å². The Hall–Kier alpha value is -1.98. The average Bonchev–Trinajstić information content (AvgIpc) is 3.18. The number of rotatable bonds is 6. The highest BCUT2D eigenvalue weighted by atomic mass is 19.1. The van der Waals surface area contributed by atoms with E-state index in [4.69, 9.17) is 5.11 Å². The zero-order chi connectivity index (χ0) is 16.5. The molecule has 1 aliphatic carbocycles. The van der Waals surface area contributed by atoms with Gasteiger partial charge in [0.15, 0.2) is 0 Å². The highest BCUT2D eigenvalue weighted by Gasteiger charge is 2.46. The Bertz CT molecular complexity index is 581. The van der Waals surface area contributed by atoms with E-state index in [-0.39, 0.29) is 18.0 Å². The minimum atomic E-state index is -0.931. The van der Waals surface area contributed by atoms with Crippen molar-refractivity contribution in [1.29, 1.82) is 0 Å². The molecular weight excluding hydrogens is 292 g/mol. The van der Waals surface area contributed by atoms with Crippen molar-refractivity contribution >= 4 is 11.9 Å². The van der Waals surface area contributed by atoms with Gasteiger partial charge in [0.1, 0.15) is 11.6 Å². The van der Waals surface area contributed by atoms with E-state index >= 15 is 0 Å². The van der Waals surface area contributed by atoms with Crippen LogP contribution in [0.25, 0.3) is 0 Å². The molecule has 6 heteroatoms. The van der Waals surface area contributed by atoms with Crippen LogP contribution in [0, 0.1) is 23.0 Å². The Kier molecular flexibility index (Phi) is 4.49. The van der Waals surface area contributed by atoms with E-state index in [9.17, 15) is 18.4 Å². The van der Waals surface area contributed by atoms with Crippen molar-refractivity contribution in [2.45, 2.75) is 32.6 Å².